The summed E-state index contributed by atoms with van der Waals surface area (Å²) >= 11 is 6.95. The second-order valence-electron chi connectivity index (χ2n) is 5.72. The Hall–Kier alpha value is -2.31. The molecular formula is C20H16Br2N2O2. The number of amides is 1. The Labute approximate surface area is 168 Å². The summed E-state index contributed by atoms with van der Waals surface area (Å²) < 4.78 is 7.71. The van der Waals surface area contributed by atoms with Gasteiger partial charge in [-0.1, -0.05) is 15.9 Å². The van der Waals surface area contributed by atoms with Crippen molar-refractivity contribution in [3.05, 3.63) is 74.9 Å². The summed E-state index contributed by atoms with van der Waals surface area (Å²) in [5, 5.41) is 2.83. The molecule has 0 atom stereocenters. The van der Waals surface area contributed by atoms with E-state index in [4.69, 9.17) is 10.2 Å². The molecule has 0 aliphatic rings. The van der Waals surface area contributed by atoms with E-state index < -0.39 is 0 Å². The average molecular weight is 476 g/mol. The maximum atomic E-state index is 12.1. The highest BCUT2D eigenvalue weighted by Crippen LogP contribution is 2.32. The van der Waals surface area contributed by atoms with Crippen LogP contribution in [0.5, 0.6) is 0 Å². The zero-order valence-electron chi connectivity index (χ0n) is 13.9. The van der Waals surface area contributed by atoms with Crippen LogP contribution in [0.1, 0.15) is 11.3 Å². The van der Waals surface area contributed by atoms with Crippen molar-refractivity contribution in [2.24, 2.45) is 0 Å². The maximum Gasteiger partial charge on any atom is 0.248 e. The molecule has 2 aromatic carbocycles. The molecule has 1 aromatic heterocycles. The molecule has 0 bridgehead atoms. The Bertz CT molecular complexity index is 993. The number of carbonyl (C=O) groups excluding carboxylic acids is 1. The van der Waals surface area contributed by atoms with Crippen molar-refractivity contribution < 1.29 is 9.21 Å². The number of halogens is 2. The Kier molecular flexibility index (Phi) is 5.64. The molecule has 0 saturated heterocycles. The molecule has 0 radical (unpaired) electrons. The molecule has 6 heteroatoms. The van der Waals surface area contributed by atoms with Crippen LogP contribution in [0.15, 0.2) is 68.0 Å². The lowest BCUT2D eigenvalue weighted by atomic mass is 10.2. The van der Waals surface area contributed by atoms with E-state index in [0.29, 0.717) is 11.4 Å². The summed E-state index contributed by atoms with van der Waals surface area (Å²) in [5.41, 5.74) is 8.96. The van der Waals surface area contributed by atoms with Crippen LogP contribution in [0.25, 0.3) is 17.4 Å². The summed E-state index contributed by atoms with van der Waals surface area (Å²) in [5.74, 6) is 1.08. The molecule has 4 nitrogen and oxygen atoms in total. The van der Waals surface area contributed by atoms with Gasteiger partial charge in [-0.05, 0) is 83.0 Å². The van der Waals surface area contributed by atoms with Crippen LogP contribution < -0.4 is 11.1 Å². The molecular weight excluding hydrogens is 460 g/mol. The van der Waals surface area contributed by atoms with Gasteiger partial charge in [0, 0.05) is 32.0 Å². The Morgan fingerprint density at radius 3 is 2.65 bits per heavy atom. The third-order valence-corrected chi connectivity index (χ3v) is 4.88. The highest BCUT2D eigenvalue weighted by Gasteiger charge is 2.08. The fourth-order valence-electron chi connectivity index (χ4n) is 2.44. The van der Waals surface area contributed by atoms with Crippen molar-refractivity contribution in [1.82, 2.24) is 0 Å². The molecule has 3 N–H and O–H groups in total. The predicted octanol–water partition coefficient (Wildman–Crippen LogP) is 6.01. The van der Waals surface area contributed by atoms with Gasteiger partial charge < -0.3 is 15.5 Å². The van der Waals surface area contributed by atoms with E-state index in [1.807, 2.05) is 43.3 Å². The van der Waals surface area contributed by atoms with E-state index in [9.17, 15) is 4.79 Å². The van der Waals surface area contributed by atoms with E-state index in [1.165, 1.54) is 6.08 Å². The third-order valence-electron chi connectivity index (χ3n) is 3.73. The van der Waals surface area contributed by atoms with E-state index in [-0.39, 0.29) is 5.91 Å². The highest BCUT2D eigenvalue weighted by molar-refractivity contribution is 9.11. The molecule has 3 rings (SSSR count). The SMILES string of the molecule is Cc1cc(N)ccc1NC(=O)/C=C/c1ccc(-c2ccc(Br)cc2Br)o1. The second kappa shape index (κ2) is 7.93. The number of hydrogen-bond acceptors (Lipinski definition) is 3. The Balaban J connectivity index is 1.71. The van der Waals surface area contributed by atoms with Gasteiger partial charge in [0.25, 0.3) is 0 Å². The zero-order valence-corrected chi connectivity index (χ0v) is 17.1. The van der Waals surface area contributed by atoms with Crippen molar-refractivity contribution in [2.75, 3.05) is 11.1 Å². The fourth-order valence-corrected chi connectivity index (χ4v) is 3.68. The summed E-state index contributed by atoms with van der Waals surface area (Å²) in [6, 6.07) is 14.9. The number of nitrogens with one attached hydrogen (secondary N) is 1. The van der Waals surface area contributed by atoms with E-state index in [1.54, 1.807) is 18.2 Å². The van der Waals surface area contributed by atoms with E-state index in [0.717, 1.165) is 31.5 Å². The standard InChI is InChI=1S/C20H16Br2N2O2/c1-12-10-14(23)3-7-18(12)24-20(25)9-5-15-4-8-19(26-15)16-6-2-13(21)11-17(16)22/h2-11H,23H2,1H3,(H,24,25)/b9-5+. The smallest absolute Gasteiger partial charge is 0.248 e. The van der Waals surface area contributed by atoms with Crippen LogP contribution in [-0.2, 0) is 4.79 Å². The third kappa shape index (κ3) is 4.45. The second-order valence-corrected chi connectivity index (χ2v) is 7.49. The first kappa shape index (κ1) is 18.5. The molecule has 0 unspecified atom stereocenters. The topological polar surface area (TPSA) is 68.3 Å². The predicted molar refractivity (Wildman–Crippen MR) is 113 cm³/mol. The number of nitrogens with two attached hydrogens (primary N) is 1. The van der Waals surface area contributed by atoms with Gasteiger partial charge >= 0.3 is 0 Å². The molecule has 0 fully saturated rings. The van der Waals surface area contributed by atoms with Gasteiger partial charge in [0.2, 0.25) is 5.91 Å². The molecule has 3 aromatic rings. The van der Waals surface area contributed by atoms with Gasteiger partial charge in [-0.25, -0.2) is 0 Å². The number of anilines is 2. The summed E-state index contributed by atoms with van der Waals surface area (Å²) in [7, 11) is 0. The van der Waals surface area contributed by atoms with Crippen LogP contribution in [0.4, 0.5) is 11.4 Å². The molecule has 1 heterocycles. The van der Waals surface area contributed by atoms with Gasteiger partial charge in [0.15, 0.2) is 0 Å². The average Bonchev–Trinajstić information content (AvgIpc) is 3.04. The summed E-state index contributed by atoms with van der Waals surface area (Å²) in [4.78, 5) is 12.1. The quantitative estimate of drug-likeness (QED) is 0.358. The number of furan rings is 1. The van der Waals surface area contributed by atoms with Crippen LogP contribution in [0.3, 0.4) is 0 Å². The molecule has 0 aliphatic carbocycles. The molecule has 0 saturated carbocycles. The van der Waals surface area contributed by atoms with Crippen LogP contribution in [-0.4, -0.2) is 5.91 Å². The minimum Gasteiger partial charge on any atom is -0.457 e. The van der Waals surface area contributed by atoms with Crippen molar-refractivity contribution in [3.8, 4) is 11.3 Å². The minimum atomic E-state index is -0.236. The summed E-state index contributed by atoms with van der Waals surface area (Å²) in [6.45, 7) is 1.89. The fraction of sp³-hybridized carbons (Fsp3) is 0.0500. The van der Waals surface area contributed by atoms with Gasteiger partial charge in [0.05, 0.1) is 0 Å². The zero-order chi connectivity index (χ0) is 18.7. The molecule has 0 aliphatic heterocycles. The first-order valence-electron chi connectivity index (χ1n) is 7.83. The van der Waals surface area contributed by atoms with Gasteiger partial charge in [-0.2, -0.15) is 0 Å². The lowest BCUT2D eigenvalue weighted by Crippen LogP contribution is -2.09. The Morgan fingerprint density at radius 1 is 1.12 bits per heavy atom. The lowest BCUT2D eigenvalue weighted by molar-refractivity contribution is -0.111. The first-order valence-corrected chi connectivity index (χ1v) is 9.41. The minimum absolute atomic E-state index is 0.236. The Morgan fingerprint density at radius 2 is 1.92 bits per heavy atom. The first-order chi connectivity index (χ1) is 12.4. The van der Waals surface area contributed by atoms with Crippen molar-refractivity contribution in [3.63, 3.8) is 0 Å². The normalized spacial score (nSPS) is 11.0. The van der Waals surface area contributed by atoms with Crippen LogP contribution in [0.2, 0.25) is 0 Å². The van der Waals surface area contributed by atoms with Gasteiger partial charge in [-0.3, -0.25) is 4.79 Å². The number of hydrogen-bond donors (Lipinski definition) is 2. The maximum absolute atomic E-state index is 12.1. The number of benzene rings is 2. The largest absolute Gasteiger partial charge is 0.457 e. The summed E-state index contributed by atoms with van der Waals surface area (Å²) in [6.07, 6.45) is 3.08. The molecule has 1 amide bonds. The van der Waals surface area contributed by atoms with Gasteiger partial charge in [0.1, 0.15) is 11.5 Å². The van der Waals surface area contributed by atoms with Crippen molar-refractivity contribution >= 4 is 55.2 Å². The van der Waals surface area contributed by atoms with Crippen LogP contribution in [0, 0.1) is 6.92 Å². The number of rotatable bonds is 4. The van der Waals surface area contributed by atoms with E-state index in [2.05, 4.69) is 37.2 Å². The molecule has 0 spiro atoms. The number of aryl methyl sites for hydroxylation is 1. The van der Waals surface area contributed by atoms with Crippen molar-refractivity contribution in [2.45, 2.75) is 6.92 Å². The number of carbonyl (C=O) groups is 1. The monoisotopic (exact) mass is 474 g/mol. The van der Waals surface area contributed by atoms with Crippen molar-refractivity contribution in [1.29, 1.82) is 0 Å². The number of nitrogen functional groups attached to an aromatic ring is 1. The van der Waals surface area contributed by atoms with Gasteiger partial charge in [-0.15, -0.1) is 0 Å². The molecule has 132 valence electrons. The van der Waals surface area contributed by atoms with Crippen LogP contribution >= 0.6 is 31.9 Å². The van der Waals surface area contributed by atoms with E-state index >= 15 is 0 Å². The highest BCUT2D eigenvalue weighted by atomic mass is 79.9. The lowest BCUT2D eigenvalue weighted by Gasteiger charge is -2.06. The molecule has 26 heavy (non-hydrogen) atoms.